The Balaban J connectivity index is 2.16. The number of carbonyl (C=O) groups is 1. The lowest BCUT2D eigenvalue weighted by Crippen LogP contribution is -1.92. The van der Waals surface area contributed by atoms with Gasteiger partial charge in [0, 0.05) is 0 Å². The maximum Gasteiger partial charge on any atom is 0.338 e. The zero-order valence-corrected chi connectivity index (χ0v) is 11.6. The first-order valence-corrected chi connectivity index (χ1v) is 6.36. The Morgan fingerprint density at radius 2 is 1.55 bits per heavy atom. The smallest absolute Gasteiger partial charge is 0.338 e. The number of methoxy groups -OCH3 is 1. The van der Waals surface area contributed by atoms with Crippen molar-refractivity contribution in [2.45, 2.75) is 6.92 Å². The average molecular weight is 264 g/mol. The molecule has 0 bridgehead atoms. The molecular formula is C18H16O2. The Morgan fingerprint density at radius 1 is 1.00 bits per heavy atom. The Labute approximate surface area is 119 Å². The molecule has 0 aliphatic carbocycles. The predicted octanol–water partition coefficient (Wildman–Crippen LogP) is 4.00. The SMILES string of the molecule is COC(=O)C=C=Cc1ccc(-c2ccc(C)cc2)cc1. The molecule has 0 aromatic heterocycles. The van der Waals surface area contributed by atoms with Gasteiger partial charge in [-0.15, -0.1) is 5.73 Å². The molecule has 0 N–H and O–H groups in total. The highest BCUT2D eigenvalue weighted by atomic mass is 16.5. The number of aryl methyl sites for hydroxylation is 1. The van der Waals surface area contributed by atoms with Crippen molar-refractivity contribution < 1.29 is 9.53 Å². The molecule has 2 aromatic carbocycles. The van der Waals surface area contributed by atoms with E-state index in [0.29, 0.717) is 0 Å². The molecule has 0 aliphatic heterocycles. The molecule has 0 saturated carbocycles. The number of hydrogen-bond acceptors (Lipinski definition) is 2. The van der Waals surface area contributed by atoms with E-state index in [1.807, 2.05) is 12.1 Å². The van der Waals surface area contributed by atoms with E-state index in [1.165, 1.54) is 29.9 Å². The van der Waals surface area contributed by atoms with Crippen LogP contribution in [0.4, 0.5) is 0 Å². The van der Waals surface area contributed by atoms with Gasteiger partial charge in [-0.25, -0.2) is 4.79 Å². The van der Waals surface area contributed by atoms with Gasteiger partial charge in [0.1, 0.15) is 0 Å². The lowest BCUT2D eigenvalue weighted by atomic mass is 10.0. The molecule has 0 saturated heterocycles. The standard InChI is InChI=1S/C18H16O2/c1-14-6-10-16(11-7-14)17-12-8-15(9-13-17)4-3-5-18(19)20-2/h4-13H,1-2H3. The highest BCUT2D eigenvalue weighted by Gasteiger charge is 1.96. The Bertz CT molecular complexity index is 643. The summed E-state index contributed by atoms with van der Waals surface area (Å²) in [6, 6.07) is 16.5. The van der Waals surface area contributed by atoms with E-state index in [4.69, 9.17) is 0 Å². The average Bonchev–Trinajstić information content (AvgIpc) is 2.48. The largest absolute Gasteiger partial charge is 0.465 e. The molecule has 100 valence electrons. The van der Waals surface area contributed by atoms with Crippen molar-refractivity contribution in [1.29, 1.82) is 0 Å². The van der Waals surface area contributed by atoms with Crippen LogP contribution in [0, 0.1) is 6.92 Å². The molecule has 0 fully saturated rings. The van der Waals surface area contributed by atoms with E-state index in [1.54, 1.807) is 6.08 Å². The summed E-state index contributed by atoms with van der Waals surface area (Å²) in [5.74, 6) is -0.405. The van der Waals surface area contributed by atoms with Crippen LogP contribution in [0.25, 0.3) is 17.2 Å². The van der Waals surface area contributed by atoms with Crippen LogP contribution in [-0.4, -0.2) is 13.1 Å². The van der Waals surface area contributed by atoms with Crippen LogP contribution in [0.1, 0.15) is 11.1 Å². The summed E-state index contributed by atoms with van der Waals surface area (Å²) < 4.78 is 4.50. The first-order valence-electron chi connectivity index (χ1n) is 6.36. The second-order valence-electron chi connectivity index (χ2n) is 4.47. The number of hydrogen-bond donors (Lipinski definition) is 0. The molecule has 0 aliphatic rings. The molecule has 0 radical (unpaired) electrons. The van der Waals surface area contributed by atoms with Crippen LogP contribution < -0.4 is 0 Å². The lowest BCUT2D eigenvalue weighted by Gasteiger charge is -2.02. The van der Waals surface area contributed by atoms with Gasteiger partial charge in [-0.05, 0) is 29.7 Å². The van der Waals surface area contributed by atoms with Crippen molar-refractivity contribution in [2.24, 2.45) is 0 Å². The van der Waals surface area contributed by atoms with Crippen LogP contribution in [-0.2, 0) is 9.53 Å². The minimum absolute atomic E-state index is 0.405. The lowest BCUT2D eigenvalue weighted by molar-refractivity contribution is -0.134. The fourth-order valence-electron chi connectivity index (χ4n) is 1.78. The second-order valence-corrected chi connectivity index (χ2v) is 4.47. The normalized spacial score (nSPS) is 9.50. The Hall–Kier alpha value is -2.57. The summed E-state index contributed by atoms with van der Waals surface area (Å²) in [4.78, 5) is 10.9. The van der Waals surface area contributed by atoms with Gasteiger partial charge in [-0.3, -0.25) is 0 Å². The maximum atomic E-state index is 10.9. The Morgan fingerprint density at radius 3 is 2.10 bits per heavy atom. The zero-order chi connectivity index (χ0) is 14.4. The third kappa shape index (κ3) is 3.71. The van der Waals surface area contributed by atoms with Crippen molar-refractivity contribution in [2.75, 3.05) is 7.11 Å². The number of benzene rings is 2. The Kier molecular flexibility index (Phi) is 4.54. The molecule has 2 aromatic rings. The third-order valence-electron chi connectivity index (χ3n) is 2.95. The van der Waals surface area contributed by atoms with Crippen molar-refractivity contribution in [3.8, 4) is 11.1 Å². The van der Waals surface area contributed by atoms with Gasteiger partial charge in [0.25, 0.3) is 0 Å². The van der Waals surface area contributed by atoms with E-state index >= 15 is 0 Å². The molecule has 20 heavy (non-hydrogen) atoms. The van der Waals surface area contributed by atoms with Crippen LogP contribution in [0.3, 0.4) is 0 Å². The zero-order valence-electron chi connectivity index (χ0n) is 11.6. The summed E-state index contributed by atoms with van der Waals surface area (Å²) in [6.07, 6.45) is 3.02. The van der Waals surface area contributed by atoms with Gasteiger partial charge < -0.3 is 4.74 Å². The molecule has 2 heteroatoms. The number of carbonyl (C=O) groups excluding carboxylic acids is 1. The van der Waals surface area contributed by atoms with E-state index in [9.17, 15) is 4.79 Å². The van der Waals surface area contributed by atoms with Crippen LogP contribution in [0.2, 0.25) is 0 Å². The fourth-order valence-corrected chi connectivity index (χ4v) is 1.78. The van der Waals surface area contributed by atoms with Gasteiger partial charge in [-0.1, -0.05) is 54.1 Å². The first-order chi connectivity index (χ1) is 9.69. The molecule has 0 heterocycles. The number of rotatable bonds is 3. The van der Waals surface area contributed by atoms with Crippen LogP contribution >= 0.6 is 0 Å². The highest BCUT2D eigenvalue weighted by Crippen LogP contribution is 2.20. The molecule has 0 unspecified atom stereocenters. The molecule has 2 nitrogen and oxygen atoms in total. The molecule has 0 atom stereocenters. The maximum absolute atomic E-state index is 10.9. The first kappa shape index (κ1) is 13.9. The predicted molar refractivity (Wildman–Crippen MR) is 81.2 cm³/mol. The van der Waals surface area contributed by atoms with Crippen molar-refractivity contribution >= 4 is 12.0 Å². The van der Waals surface area contributed by atoms with E-state index in [0.717, 1.165) is 5.56 Å². The molecule has 0 amide bonds. The molecule has 2 rings (SSSR count). The highest BCUT2D eigenvalue weighted by molar-refractivity contribution is 5.82. The van der Waals surface area contributed by atoms with E-state index < -0.39 is 5.97 Å². The van der Waals surface area contributed by atoms with Crippen molar-refractivity contribution in [3.63, 3.8) is 0 Å². The summed E-state index contributed by atoms with van der Waals surface area (Å²) >= 11 is 0. The summed E-state index contributed by atoms with van der Waals surface area (Å²) in [7, 11) is 1.34. The quantitative estimate of drug-likeness (QED) is 0.476. The van der Waals surface area contributed by atoms with Crippen LogP contribution in [0.15, 0.2) is 60.3 Å². The topological polar surface area (TPSA) is 26.3 Å². The second kappa shape index (κ2) is 6.55. The van der Waals surface area contributed by atoms with Gasteiger partial charge in [-0.2, -0.15) is 0 Å². The van der Waals surface area contributed by atoms with E-state index in [-0.39, 0.29) is 0 Å². The number of ether oxygens (including phenoxy) is 1. The summed E-state index contributed by atoms with van der Waals surface area (Å²) in [5.41, 5.74) is 7.39. The monoisotopic (exact) mass is 264 g/mol. The minimum Gasteiger partial charge on any atom is -0.465 e. The fraction of sp³-hybridized carbons (Fsp3) is 0.111. The molecule has 0 spiro atoms. The minimum atomic E-state index is -0.405. The number of esters is 1. The van der Waals surface area contributed by atoms with Gasteiger partial charge in [0.2, 0.25) is 0 Å². The summed E-state index contributed by atoms with van der Waals surface area (Å²) in [6.45, 7) is 2.07. The van der Waals surface area contributed by atoms with Gasteiger partial charge in [0.05, 0.1) is 13.2 Å². The van der Waals surface area contributed by atoms with Crippen LogP contribution in [0.5, 0.6) is 0 Å². The van der Waals surface area contributed by atoms with Gasteiger partial charge in [0.15, 0.2) is 0 Å². The van der Waals surface area contributed by atoms with Crippen molar-refractivity contribution in [1.82, 2.24) is 0 Å². The summed E-state index contributed by atoms with van der Waals surface area (Å²) in [5, 5.41) is 0. The van der Waals surface area contributed by atoms with E-state index in [2.05, 4.69) is 53.8 Å². The van der Waals surface area contributed by atoms with Gasteiger partial charge >= 0.3 is 5.97 Å². The molecular weight excluding hydrogens is 248 g/mol. The third-order valence-corrected chi connectivity index (χ3v) is 2.95. The van der Waals surface area contributed by atoms with Crippen molar-refractivity contribution in [3.05, 3.63) is 71.5 Å².